The standard InChI is InChI=1S/C20H23F3N2O3/c1-27-17-10-14(11-18(28-2)19(17)26)13-24-6-8-25(9-7-24)16-5-3-4-15(12-16)20(21,22)23/h3-5,10-12,26H,6-9,13H2,1-2H3. The van der Waals surface area contributed by atoms with Crippen LogP contribution in [0.5, 0.6) is 17.2 Å². The van der Waals surface area contributed by atoms with Gasteiger partial charge in [-0.15, -0.1) is 0 Å². The highest BCUT2D eigenvalue weighted by molar-refractivity contribution is 5.53. The maximum atomic E-state index is 12.9. The van der Waals surface area contributed by atoms with Crippen LogP contribution in [0.3, 0.4) is 0 Å². The third kappa shape index (κ3) is 4.44. The normalized spacial score (nSPS) is 15.5. The highest BCUT2D eigenvalue weighted by atomic mass is 19.4. The second kappa shape index (κ2) is 8.18. The van der Waals surface area contributed by atoms with Gasteiger partial charge in [-0.3, -0.25) is 4.90 Å². The molecular formula is C20H23F3N2O3. The lowest BCUT2D eigenvalue weighted by Gasteiger charge is -2.36. The molecule has 0 saturated carbocycles. The molecule has 2 aromatic carbocycles. The zero-order valence-electron chi connectivity index (χ0n) is 15.8. The Balaban J connectivity index is 1.65. The van der Waals surface area contributed by atoms with Crippen molar-refractivity contribution in [3.63, 3.8) is 0 Å². The lowest BCUT2D eigenvalue weighted by atomic mass is 10.1. The first kappa shape index (κ1) is 20.1. The SMILES string of the molecule is COc1cc(CN2CCN(c3cccc(C(F)(F)F)c3)CC2)cc(OC)c1O. The quantitative estimate of drug-likeness (QED) is 0.834. The van der Waals surface area contributed by atoms with Crippen LogP contribution in [0.4, 0.5) is 18.9 Å². The minimum atomic E-state index is -4.34. The Kier molecular flexibility index (Phi) is 5.88. The van der Waals surface area contributed by atoms with Crippen molar-refractivity contribution >= 4 is 5.69 Å². The van der Waals surface area contributed by atoms with Gasteiger partial charge in [-0.2, -0.15) is 13.2 Å². The smallest absolute Gasteiger partial charge is 0.416 e. The highest BCUT2D eigenvalue weighted by Crippen LogP contribution is 2.37. The van der Waals surface area contributed by atoms with Gasteiger partial charge in [0.05, 0.1) is 19.8 Å². The van der Waals surface area contributed by atoms with Crippen LogP contribution in [0.1, 0.15) is 11.1 Å². The highest BCUT2D eigenvalue weighted by Gasteiger charge is 2.31. The van der Waals surface area contributed by atoms with Crippen molar-refractivity contribution in [1.82, 2.24) is 4.90 Å². The summed E-state index contributed by atoms with van der Waals surface area (Å²) >= 11 is 0. The molecule has 152 valence electrons. The van der Waals surface area contributed by atoms with Gasteiger partial charge >= 0.3 is 6.18 Å². The van der Waals surface area contributed by atoms with Crippen LogP contribution in [0, 0.1) is 0 Å². The predicted molar refractivity (Wildman–Crippen MR) is 100 cm³/mol. The van der Waals surface area contributed by atoms with Gasteiger partial charge in [-0.25, -0.2) is 0 Å². The minimum absolute atomic E-state index is 0.0388. The Morgan fingerprint density at radius 1 is 0.964 bits per heavy atom. The van der Waals surface area contributed by atoms with Gasteiger partial charge in [0.15, 0.2) is 11.5 Å². The van der Waals surface area contributed by atoms with E-state index in [1.165, 1.54) is 26.4 Å². The second-order valence-electron chi connectivity index (χ2n) is 6.66. The molecule has 0 bridgehead atoms. The van der Waals surface area contributed by atoms with Crippen LogP contribution < -0.4 is 14.4 Å². The van der Waals surface area contributed by atoms with E-state index in [4.69, 9.17) is 9.47 Å². The molecule has 8 heteroatoms. The van der Waals surface area contributed by atoms with Gasteiger partial charge in [-0.05, 0) is 35.9 Å². The lowest BCUT2D eigenvalue weighted by molar-refractivity contribution is -0.137. The summed E-state index contributed by atoms with van der Waals surface area (Å²) in [6.45, 7) is 3.31. The zero-order valence-corrected chi connectivity index (χ0v) is 15.8. The molecule has 28 heavy (non-hydrogen) atoms. The van der Waals surface area contributed by atoms with Crippen LogP contribution in [0.2, 0.25) is 0 Å². The first-order chi connectivity index (χ1) is 13.3. The first-order valence-corrected chi connectivity index (χ1v) is 8.90. The number of rotatable bonds is 5. The van der Waals surface area contributed by atoms with E-state index >= 15 is 0 Å². The summed E-state index contributed by atoms with van der Waals surface area (Å²) in [5.41, 5.74) is 0.886. The number of hydrogen-bond acceptors (Lipinski definition) is 5. The maximum absolute atomic E-state index is 12.9. The Labute approximate surface area is 161 Å². The van der Waals surface area contributed by atoms with E-state index in [1.807, 2.05) is 4.90 Å². The summed E-state index contributed by atoms with van der Waals surface area (Å²) in [6, 6.07) is 8.96. The summed E-state index contributed by atoms with van der Waals surface area (Å²) in [7, 11) is 2.96. The number of alkyl halides is 3. The van der Waals surface area contributed by atoms with Crippen molar-refractivity contribution in [2.45, 2.75) is 12.7 Å². The molecule has 0 amide bonds. The van der Waals surface area contributed by atoms with Crippen molar-refractivity contribution < 1.29 is 27.8 Å². The fourth-order valence-electron chi connectivity index (χ4n) is 3.34. The van der Waals surface area contributed by atoms with E-state index in [2.05, 4.69) is 4.90 Å². The van der Waals surface area contributed by atoms with E-state index in [1.54, 1.807) is 18.2 Å². The van der Waals surface area contributed by atoms with Crippen molar-refractivity contribution in [2.75, 3.05) is 45.3 Å². The molecule has 0 atom stereocenters. The average Bonchev–Trinajstić information content (AvgIpc) is 2.69. The number of hydrogen-bond donors (Lipinski definition) is 1. The number of anilines is 1. The molecule has 0 aliphatic carbocycles. The number of ether oxygens (including phenoxy) is 2. The fourth-order valence-corrected chi connectivity index (χ4v) is 3.34. The number of piperazine rings is 1. The van der Waals surface area contributed by atoms with Crippen molar-refractivity contribution in [2.24, 2.45) is 0 Å². The van der Waals surface area contributed by atoms with E-state index in [-0.39, 0.29) is 5.75 Å². The van der Waals surface area contributed by atoms with Gasteiger partial charge in [0, 0.05) is 38.4 Å². The van der Waals surface area contributed by atoms with Crippen LogP contribution in [-0.4, -0.2) is 50.4 Å². The Morgan fingerprint density at radius 2 is 1.57 bits per heavy atom. The summed E-state index contributed by atoms with van der Waals surface area (Å²) in [5.74, 6) is 0.650. The number of nitrogens with zero attached hydrogens (tertiary/aromatic N) is 2. The molecule has 0 radical (unpaired) electrons. The van der Waals surface area contributed by atoms with Gasteiger partial charge in [0.2, 0.25) is 5.75 Å². The molecule has 1 N–H and O–H groups in total. The van der Waals surface area contributed by atoms with Crippen LogP contribution >= 0.6 is 0 Å². The van der Waals surface area contributed by atoms with E-state index < -0.39 is 11.7 Å². The Hall–Kier alpha value is -2.61. The Bertz CT molecular complexity index is 794. The molecule has 1 heterocycles. The molecule has 0 aromatic heterocycles. The average molecular weight is 396 g/mol. The molecule has 5 nitrogen and oxygen atoms in total. The number of phenolic OH excluding ortho intramolecular Hbond substituents is 1. The second-order valence-corrected chi connectivity index (χ2v) is 6.66. The van der Waals surface area contributed by atoms with E-state index in [0.29, 0.717) is 49.9 Å². The van der Waals surface area contributed by atoms with Crippen LogP contribution in [0.25, 0.3) is 0 Å². The largest absolute Gasteiger partial charge is 0.502 e. The van der Waals surface area contributed by atoms with Crippen molar-refractivity contribution in [3.05, 3.63) is 47.5 Å². The monoisotopic (exact) mass is 396 g/mol. The van der Waals surface area contributed by atoms with Crippen LogP contribution in [0.15, 0.2) is 36.4 Å². The molecule has 1 aliphatic rings. The number of benzene rings is 2. The summed E-state index contributed by atoms with van der Waals surface area (Å²) in [5, 5.41) is 10.0. The summed E-state index contributed by atoms with van der Waals surface area (Å²) < 4.78 is 49.1. The third-order valence-corrected chi connectivity index (χ3v) is 4.86. The van der Waals surface area contributed by atoms with E-state index in [9.17, 15) is 18.3 Å². The predicted octanol–water partition coefficient (Wildman–Crippen LogP) is 3.75. The van der Waals surface area contributed by atoms with Crippen molar-refractivity contribution in [3.8, 4) is 17.2 Å². The minimum Gasteiger partial charge on any atom is -0.502 e. The molecule has 1 fully saturated rings. The fraction of sp³-hybridized carbons (Fsp3) is 0.400. The number of halogens is 3. The summed E-state index contributed by atoms with van der Waals surface area (Å²) in [6.07, 6.45) is -4.34. The summed E-state index contributed by atoms with van der Waals surface area (Å²) in [4.78, 5) is 4.17. The molecule has 3 rings (SSSR count). The van der Waals surface area contributed by atoms with Gasteiger partial charge in [0.1, 0.15) is 0 Å². The lowest BCUT2D eigenvalue weighted by Crippen LogP contribution is -2.46. The Morgan fingerprint density at radius 3 is 2.11 bits per heavy atom. The molecule has 1 aliphatic heterocycles. The topological polar surface area (TPSA) is 45.2 Å². The molecule has 2 aromatic rings. The zero-order chi connectivity index (χ0) is 20.3. The number of methoxy groups -OCH3 is 2. The number of phenols is 1. The number of aromatic hydroxyl groups is 1. The van der Waals surface area contributed by atoms with E-state index in [0.717, 1.165) is 11.6 Å². The van der Waals surface area contributed by atoms with Gasteiger partial charge < -0.3 is 19.5 Å². The third-order valence-electron chi connectivity index (χ3n) is 4.86. The molecule has 0 spiro atoms. The molecular weight excluding hydrogens is 373 g/mol. The molecule has 1 saturated heterocycles. The van der Waals surface area contributed by atoms with Crippen molar-refractivity contribution in [1.29, 1.82) is 0 Å². The molecule has 0 unspecified atom stereocenters. The maximum Gasteiger partial charge on any atom is 0.416 e. The van der Waals surface area contributed by atoms with Gasteiger partial charge in [-0.1, -0.05) is 6.07 Å². The van der Waals surface area contributed by atoms with Gasteiger partial charge in [0.25, 0.3) is 0 Å². The first-order valence-electron chi connectivity index (χ1n) is 8.90. The van der Waals surface area contributed by atoms with Crippen LogP contribution in [-0.2, 0) is 12.7 Å².